The molecule has 0 bridgehead atoms. The van der Waals surface area contributed by atoms with Gasteiger partial charge >= 0.3 is 0 Å². The molecule has 3 rings (SSSR count). The highest BCUT2D eigenvalue weighted by Crippen LogP contribution is 2.33. The molecule has 102 valence electrons. The number of aryl methyl sites for hydroxylation is 1. The molecule has 0 radical (unpaired) electrons. The Morgan fingerprint density at radius 2 is 1.85 bits per heavy atom. The van der Waals surface area contributed by atoms with Crippen LogP contribution in [0.4, 0.5) is 5.69 Å². The first kappa shape index (κ1) is 13.0. The number of anilines is 1. The number of halogens is 1. The summed E-state index contributed by atoms with van der Waals surface area (Å²) in [5.41, 5.74) is 9.55. The summed E-state index contributed by atoms with van der Waals surface area (Å²) in [5.74, 6) is 0.569. The summed E-state index contributed by atoms with van der Waals surface area (Å²) >= 11 is 5.96. The van der Waals surface area contributed by atoms with E-state index in [1.54, 1.807) is 0 Å². The number of hydrogen-bond donors (Lipinski definition) is 1. The van der Waals surface area contributed by atoms with E-state index in [1.165, 1.54) is 11.1 Å². The quantitative estimate of drug-likeness (QED) is 0.917. The molecule has 2 N–H and O–H groups in total. The van der Waals surface area contributed by atoms with E-state index >= 15 is 0 Å². The van der Waals surface area contributed by atoms with Crippen LogP contribution >= 0.6 is 11.6 Å². The monoisotopic (exact) mass is 285 g/mol. The number of nitrogens with two attached hydrogens (primary N) is 1. The topological polar surface area (TPSA) is 41.6 Å². The molecule has 1 aliphatic rings. The molecule has 1 heterocycles. The second kappa shape index (κ2) is 5.17. The molecule has 0 spiro atoms. The molecular weight excluding hydrogens is 270 g/mol. The standard InChI is InChI=1S/C16H16ClN3/c1-11-4-2-3-5-14(11)20-15(10-19-16(20)18)12-6-8-13(17)9-7-12/h2-9,15H,10H2,1H3,(H2,18,19). The zero-order chi connectivity index (χ0) is 14.1. The maximum Gasteiger partial charge on any atom is 0.196 e. The van der Waals surface area contributed by atoms with Gasteiger partial charge in [0.1, 0.15) is 0 Å². The summed E-state index contributed by atoms with van der Waals surface area (Å²) in [7, 11) is 0. The van der Waals surface area contributed by atoms with E-state index in [2.05, 4.69) is 28.9 Å². The van der Waals surface area contributed by atoms with E-state index in [0.717, 1.165) is 10.7 Å². The van der Waals surface area contributed by atoms with Crippen LogP contribution in [-0.4, -0.2) is 12.5 Å². The van der Waals surface area contributed by atoms with Gasteiger partial charge in [0.2, 0.25) is 0 Å². The lowest BCUT2D eigenvalue weighted by atomic mass is 10.0. The molecule has 1 aliphatic heterocycles. The number of rotatable bonds is 2. The Labute approximate surface area is 123 Å². The van der Waals surface area contributed by atoms with E-state index in [0.29, 0.717) is 12.5 Å². The molecule has 2 aromatic rings. The molecule has 2 aromatic carbocycles. The molecule has 0 amide bonds. The van der Waals surface area contributed by atoms with Gasteiger partial charge in [-0.05, 0) is 36.2 Å². The molecule has 0 saturated carbocycles. The molecule has 20 heavy (non-hydrogen) atoms. The maximum atomic E-state index is 6.09. The van der Waals surface area contributed by atoms with Crippen LogP contribution in [0.5, 0.6) is 0 Å². The molecule has 0 aliphatic carbocycles. The summed E-state index contributed by atoms with van der Waals surface area (Å²) in [6.45, 7) is 2.75. The third-order valence-electron chi connectivity index (χ3n) is 3.61. The van der Waals surface area contributed by atoms with Gasteiger partial charge in [-0.25, -0.2) is 0 Å². The summed E-state index contributed by atoms with van der Waals surface area (Å²) in [4.78, 5) is 6.50. The van der Waals surface area contributed by atoms with E-state index in [1.807, 2.05) is 36.4 Å². The van der Waals surface area contributed by atoms with E-state index in [-0.39, 0.29) is 6.04 Å². The largest absolute Gasteiger partial charge is 0.369 e. The molecule has 1 unspecified atom stereocenters. The summed E-state index contributed by atoms with van der Waals surface area (Å²) in [5, 5.41) is 0.739. The summed E-state index contributed by atoms with van der Waals surface area (Å²) in [6, 6.07) is 16.2. The van der Waals surface area contributed by atoms with Crippen LogP contribution in [0.3, 0.4) is 0 Å². The Morgan fingerprint density at radius 1 is 1.15 bits per heavy atom. The van der Waals surface area contributed by atoms with Crippen molar-refractivity contribution in [1.82, 2.24) is 0 Å². The average Bonchev–Trinajstić information content (AvgIpc) is 2.82. The Balaban J connectivity index is 2.01. The van der Waals surface area contributed by atoms with Crippen LogP contribution in [0.2, 0.25) is 5.02 Å². The highest BCUT2D eigenvalue weighted by molar-refractivity contribution is 6.30. The number of guanidine groups is 1. The predicted octanol–water partition coefficient (Wildman–Crippen LogP) is 3.52. The van der Waals surface area contributed by atoms with Crippen molar-refractivity contribution >= 4 is 23.2 Å². The second-order valence-corrected chi connectivity index (χ2v) is 5.36. The Morgan fingerprint density at radius 3 is 2.55 bits per heavy atom. The minimum Gasteiger partial charge on any atom is -0.369 e. The Hall–Kier alpha value is -2.00. The van der Waals surface area contributed by atoms with Crippen LogP contribution in [0.15, 0.2) is 53.5 Å². The van der Waals surface area contributed by atoms with Gasteiger partial charge in [-0.1, -0.05) is 41.9 Å². The lowest BCUT2D eigenvalue weighted by Gasteiger charge is -2.28. The highest BCUT2D eigenvalue weighted by atomic mass is 35.5. The van der Waals surface area contributed by atoms with Gasteiger partial charge in [-0.2, -0.15) is 0 Å². The first-order valence-corrected chi connectivity index (χ1v) is 6.95. The van der Waals surface area contributed by atoms with Crippen LogP contribution < -0.4 is 10.6 Å². The van der Waals surface area contributed by atoms with Crippen molar-refractivity contribution in [2.45, 2.75) is 13.0 Å². The fourth-order valence-corrected chi connectivity index (χ4v) is 2.69. The zero-order valence-corrected chi connectivity index (χ0v) is 12.0. The Bertz CT molecular complexity index is 649. The van der Waals surface area contributed by atoms with Gasteiger partial charge in [0, 0.05) is 10.7 Å². The number of hydrogen-bond acceptors (Lipinski definition) is 3. The van der Waals surface area contributed by atoms with Crippen molar-refractivity contribution < 1.29 is 0 Å². The molecular formula is C16H16ClN3. The van der Waals surface area contributed by atoms with Crippen molar-refractivity contribution in [2.75, 3.05) is 11.4 Å². The van der Waals surface area contributed by atoms with Crippen LogP contribution in [0.25, 0.3) is 0 Å². The number of benzene rings is 2. The normalized spacial score (nSPS) is 18.2. The van der Waals surface area contributed by atoms with E-state index in [4.69, 9.17) is 17.3 Å². The van der Waals surface area contributed by atoms with Gasteiger partial charge in [0.15, 0.2) is 5.96 Å². The van der Waals surface area contributed by atoms with Crippen molar-refractivity contribution in [3.05, 3.63) is 64.7 Å². The molecule has 1 atom stereocenters. The van der Waals surface area contributed by atoms with Crippen molar-refractivity contribution in [2.24, 2.45) is 10.7 Å². The van der Waals surface area contributed by atoms with Crippen LogP contribution in [0, 0.1) is 6.92 Å². The van der Waals surface area contributed by atoms with Gasteiger partial charge in [0.05, 0.1) is 12.6 Å². The number of aliphatic imine (C=N–C) groups is 1. The summed E-state index contributed by atoms with van der Waals surface area (Å²) < 4.78 is 0. The zero-order valence-electron chi connectivity index (χ0n) is 11.3. The number of para-hydroxylation sites is 1. The highest BCUT2D eigenvalue weighted by Gasteiger charge is 2.29. The molecule has 3 nitrogen and oxygen atoms in total. The van der Waals surface area contributed by atoms with E-state index < -0.39 is 0 Å². The van der Waals surface area contributed by atoms with Gasteiger partial charge < -0.3 is 10.6 Å². The minimum absolute atomic E-state index is 0.133. The first-order valence-electron chi connectivity index (χ1n) is 6.57. The van der Waals surface area contributed by atoms with Gasteiger partial charge in [-0.3, -0.25) is 4.99 Å². The fraction of sp³-hybridized carbons (Fsp3) is 0.188. The van der Waals surface area contributed by atoms with Crippen molar-refractivity contribution in [1.29, 1.82) is 0 Å². The van der Waals surface area contributed by atoms with E-state index in [9.17, 15) is 0 Å². The predicted molar refractivity (Wildman–Crippen MR) is 84.3 cm³/mol. The third-order valence-corrected chi connectivity index (χ3v) is 3.87. The van der Waals surface area contributed by atoms with Crippen molar-refractivity contribution in [3.63, 3.8) is 0 Å². The lowest BCUT2D eigenvalue weighted by molar-refractivity contribution is 0.767. The second-order valence-electron chi connectivity index (χ2n) is 4.92. The molecule has 0 fully saturated rings. The van der Waals surface area contributed by atoms with Crippen LogP contribution in [0.1, 0.15) is 17.2 Å². The maximum absolute atomic E-state index is 6.09. The first-order chi connectivity index (χ1) is 9.66. The molecule has 0 saturated heterocycles. The van der Waals surface area contributed by atoms with Crippen LogP contribution in [-0.2, 0) is 0 Å². The average molecular weight is 286 g/mol. The third kappa shape index (κ3) is 2.25. The smallest absolute Gasteiger partial charge is 0.196 e. The fourth-order valence-electron chi connectivity index (χ4n) is 2.56. The Kier molecular flexibility index (Phi) is 3.36. The van der Waals surface area contributed by atoms with Gasteiger partial charge in [0.25, 0.3) is 0 Å². The molecule has 0 aromatic heterocycles. The number of nitrogens with zero attached hydrogens (tertiary/aromatic N) is 2. The summed E-state index contributed by atoms with van der Waals surface area (Å²) in [6.07, 6.45) is 0. The lowest BCUT2D eigenvalue weighted by Crippen LogP contribution is -2.36. The molecule has 4 heteroatoms. The van der Waals surface area contributed by atoms with Gasteiger partial charge in [-0.15, -0.1) is 0 Å². The van der Waals surface area contributed by atoms with Crippen molar-refractivity contribution in [3.8, 4) is 0 Å². The SMILES string of the molecule is Cc1ccccc1N1C(N)=NCC1c1ccc(Cl)cc1. The minimum atomic E-state index is 0.133.